The third-order valence-electron chi connectivity index (χ3n) is 3.93. The Bertz CT molecular complexity index is 746. The van der Waals surface area contributed by atoms with Gasteiger partial charge in [0.15, 0.2) is 0 Å². The summed E-state index contributed by atoms with van der Waals surface area (Å²) in [7, 11) is 0. The first kappa shape index (κ1) is 15.0. The summed E-state index contributed by atoms with van der Waals surface area (Å²) >= 11 is 4.75. The van der Waals surface area contributed by atoms with Gasteiger partial charge in [-0.1, -0.05) is 37.6 Å². The molecule has 0 amide bonds. The van der Waals surface area contributed by atoms with Gasteiger partial charge >= 0.3 is 0 Å². The molecule has 3 nitrogen and oxygen atoms in total. The number of nitrogens with two attached hydrogens (primary N) is 1. The molecule has 22 heavy (non-hydrogen) atoms. The number of unbranched alkanes of at least 4 members (excludes halogenated alkanes) is 1. The number of para-hydroxylation sites is 2. The van der Waals surface area contributed by atoms with Gasteiger partial charge in [0.1, 0.15) is 5.82 Å². The second kappa shape index (κ2) is 6.44. The zero-order valence-corrected chi connectivity index (χ0v) is 13.6. The monoisotopic (exact) mass is 311 g/mol. The van der Waals surface area contributed by atoms with Gasteiger partial charge in [-0.2, -0.15) is 12.6 Å². The molecule has 2 aromatic carbocycles. The van der Waals surface area contributed by atoms with Crippen LogP contribution >= 0.6 is 12.6 Å². The third kappa shape index (κ3) is 2.97. The van der Waals surface area contributed by atoms with Crippen LogP contribution in [-0.4, -0.2) is 9.97 Å². The Morgan fingerprint density at radius 3 is 2.82 bits per heavy atom. The second-order valence-electron chi connectivity index (χ2n) is 5.61. The van der Waals surface area contributed by atoms with Crippen molar-refractivity contribution >= 4 is 29.3 Å². The first-order valence-electron chi connectivity index (χ1n) is 7.70. The number of aromatic nitrogens is 2. The summed E-state index contributed by atoms with van der Waals surface area (Å²) in [5.74, 6) is 0.837. The van der Waals surface area contributed by atoms with Crippen molar-refractivity contribution < 1.29 is 0 Å². The van der Waals surface area contributed by atoms with Crippen molar-refractivity contribution in [3.63, 3.8) is 0 Å². The van der Waals surface area contributed by atoms with Gasteiger partial charge < -0.3 is 10.7 Å². The fraction of sp³-hybridized carbons (Fsp3) is 0.278. The first-order chi connectivity index (χ1) is 10.7. The minimum absolute atomic E-state index is 0.144. The van der Waals surface area contributed by atoms with Crippen LogP contribution < -0.4 is 5.73 Å². The number of anilines is 1. The van der Waals surface area contributed by atoms with E-state index < -0.39 is 0 Å². The van der Waals surface area contributed by atoms with Gasteiger partial charge in [0, 0.05) is 5.69 Å². The maximum absolute atomic E-state index is 6.16. The summed E-state index contributed by atoms with van der Waals surface area (Å²) in [4.78, 5) is 7.98. The van der Waals surface area contributed by atoms with Crippen molar-refractivity contribution in [1.82, 2.24) is 9.97 Å². The van der Waals surface area contributed by atoms with Crippen LogP contribution in [0.4, 0.5) is 5.69 Å². The van der Waals surface area contributed by atoms with Crippen molar-refractivity contribution in [2.45, 2.75) is 31.4 Å². The van der Waals surface area contributed by atoms with Crippen LogP contribution in [0.2, 0.25) is 0 Å². The molecule has 3 N–H and O–H groups in total. The Morgan fingerprint density at radius 1 is 1.23 bits per heavy atom. The Kier molecular flexibility index (Phi) is 4.39. The molecule has 0 spiro atoms. The molecule has 0 aliphatic carbocycles. The number of thiol groups is 1. The van der Waals surface area contributed by atoms with Gasteiger partial charge in [-0.3, -0.25) is 0 Å². The van der Waals surface area contributed by atoms with E-state index in [2.05, 4.69) is 29.0 Å². The number of nitrogens with one attached hydrogen (secondary N) is 1. The highest BCUT2D eigenvalue weighted by molar-refractivity contribution is 7.80. The van der Waals surface area contributed by atoms with Gasteiger partial charge in [0.2, 0.25) is 0 Å². The Balaban J connectivity index is 1.94. The topological polar surface area (TPSA) is 54.7 Å². The number of hydrogen-bond donors (Lipinski definition) is 3. The maximum Gasteiger partial charge on any atom is 0.124 e. The molecule has 0 radical (unpaired) electrons. The number of benzene rings is 2. The van der Waals surface area contributed by atoms with Gasteiger partial charge in [-0.25, -0.2) is 4.98 Å². The SMILES string of the molecule is CCCCc1ccc(N)c(C(S)c2nc3ccccc3[nH]2)c1. The van der Waals surface area contributed by atoms with Gasteiger partial charge in [0.25, 0.3) is 0 Å². The summed E-state index contributed by atoms with van der Waals surface area (Å²) in [5.41, 5.74) is 11.2. The molecular weight excluding hydrogens is 290 g/mol. The van der Waals surface area contributed by atoms with Gasteiger partial charge in [-0.15, -0.1) is 0 Å². The Morgan fingerprint density at radius 2 is 2.05 bits per heavy atom. The summed E-state index contributed by atoms with van der Waals surface area (Å²) in [6.07, 6.45) is 3.45. The lowest BCUT2D eigenvalue weighted by Crippen LogP contribution is -2.02. The zero-order valence-electron chi connectivity index (χ0n) is 12.7. The van der Waals surface area contributed by atoms with Crippen LogP contribution in [0.1, 0.15) is 42.0 Å². The molecule has 0 saturated heterocycles. The average molecular weight is 311 g/mol. The van der Waals surface area contributed by atoms with E-state index in [4.69, 9.17) is 18.4 Å². The quantitative estimate of drug-likeness (QED) is 0.480. The van der Waals surface area contributed by atoms with Gasteiger partial charge in [0.05, 0.1) is 16.3 Å². The summed E-state index contributed by atoms with van der Waals surface area (Å²) in [6, 6.07) is 14.2. The van der Waals surface area contributed by atoms with Crippen molar-refractivity contribution in [2.24, 2.45) is 0 Å². The molecule has 1 unspecified atom stereocenters. The fourth-order valence-electron chi connectivity index (χ4n) is 2.65. The molecule has 3 aromatic rings. The van der Waals surface area contributed by atoms with E-state index in [1.807, 2.05) is 30.3 Å². The van der Waals surface area contributed by atoms with E-state index in [0.29, 0.717) is 0 Å². The number of imidazole rings is 1. The largest absolute Gasteiger partial charge is 0.398 e. The zero-order chi connectivity index (χ0) is 15.5. The van der Waals surface area contributed by atoms with Crippen LogP contribution in [0, 0.1) is 0 Å². The number of aromatic amines is 1. The van der Waals surface area contributed by atoms with Crippen molar-refractivity contribution in [2.75, 3.05) is 5.73 Å². The molecular formula is C18H21N3S. The van der Waals surface area contributed by atoms with Crippen molar-refractivity contribution in [3.8, 4) is 0 Å². The van der Waals surface area contributed by atoms with Crippen molar-refractivity contribution in [1.29, 1.82) is 0 Å². The minimum Gasteiger partial charge on any atom is -0.398 e. The van der Waals surface area contributed by atoms with Crippen LogP contribution in [0.25, 0.3) is 11.0 Å². The normalized spacial score (nSPS) is 12.6. The molecule has 1 heterocycles. The molecule has 0 aliphatic heterocycles. The predicted octanol–water partition coefficient (Wildman–Crippen LogP) is 4.51. The van der Waals surface area contributed by atoms with E-state index >= 15 is 0 Å². The first-order valence-corrected chi connectivity index (χ1v) is 8.21. The predicted molar refractivity (Wildman–Crippen MR) is 96.4 cm³/mol. The smallest absolute Gasteiger partial charge is 0.124 e. The van der Waals surface area contributed by atoms with Gasteiger partial charge in [-0.05, 0) is 42.2 Å². The third-order valence-corrected chi connectivity index (χ3v) is 4.45. The lowest BCUT2D eigenvalue weighted by atomic mass is 10.0. The van der Waals surface area contributed by atoms with E-state index in [-0.39, 0.29) is 5.25 Å². The number of aryl methyl sites for hydroxylation is 1. The van der Waals surface area contributed by atoms with Crippen LogP contribution in [0.5, 0.6) is 0 Å². The van der Waals surface area contributed by atoms with E-state index in [1.165, 1.54) is 18.4 Å². The number of rotatable bonds is 5. The molecule has 114 valence electrons. The van der Waals surface area contributed by atoms with Crippen LogP contribution in [-0.2, 0) is 6.42 Å². The molecule has 0 fully saturated rings. The maximum atomic E-state index is 6.16. The molecule has 1 atom stereocenters. The summed E-state index contributed by atoms with van der Waals surface area (Å²) in [5, 5.41) is -0.144. The molecule has 0 bridgehead atoms. The highest BCUT2D eigenvalue weighted by Gasteiger charge is 2.17. The van der Waals surface area contributed by atoms with E-state index in [0.717, 1.165) is 34.5 Å². The highest BCUT2D eigenvalue weighted by Crippen LogP contribution is 2.32. The summed E-state index contributed by atoms with van der Waals surface area (Å²) in [6.45, 7) is 2.20. The standard InChI is InChI=1S/C18H21N3S/c1-2-3-6-12-9-10-14(19)13(11-12)17(22)18-20-15-7-4-5-8-16(15)21-18/h4-5,7-11,17,22H,2-3,6,19H2,1H3,(H,20,21). The number of H-pyrrole nitrogens is 1. The number of fused-ring (bicyclic) bond motifs is 1. The van der Waals surface area contributed by atoms with Crippen LogP contribution in [0.15, 0.2) is 42.5 Å². The van der Waals surface area contributed by atoms with E-state index in [9.17, 15) is 0 Å². The average Bonchev–Trinajstić information content (AvgIpc) is 2.97. The molecule has 3 rings (SSSR count). The summed E-state index contributed by atoms with van der Waals surface area (Å²) < 4.78 is 0. The fourth-order valence-corrected chi connectivity index (χ4v) is 2.99. The Labute approximate surface area is 136 Å². The minimum atomic E-state index is -0.144. The lowest BCUT2D eigenvalue weighted by molar-refractivity contribution is 0.794. The molecule has 0 aliphatic rings. The number of nitrogens with zero attached hydrogens (tertiary/aromatic N) is 1. The molecule has 1 aromatic heterocycles. The Hall–Kier alpha value is -1.94. The lowest BCUT2D eigenvalue weighted by Gasteiger charge is -2.13. The van der Waals surface area contributed by atoms with Crippen molar-refractivity contribution in [3.05, 3.63) is 59.4 Å². The van der Waals surface area contributed by atoms with Crippen LogP contribution in [0.3, 0.4) is 0 Å². The molecule has 4 heteroatoms. The highest BCUT2D eigenvalue weighted by atomic mass is 32.1. The molecule has 0 saturated carbocycles. The second-order valence-corrected chi connectivity index (χ2v) is 6.12. The number of nitrogen functional groups attached to an aromatic ring is 1. The number of hydrogen-bond acceptors (Lipinski definition) is 3. The van der Waals surface area contributed by atoms with E-state index in [1.54, 1.807) is 0 Å².